The van der Waals surface area contributed by atoms with Gasteiger partial charge in [0.25, 0.3) is 0 Å². The van der Waals surface area contributed by atoms with Crippen LogP contribution >= 0.6 is 0 Å². The standard InChI is InChI=1S/C21H29N2O5S/c1-3-28-18-10-12-19(13-11-18)29(25,26)23(24,16-17-7-6-14-22-15-17)20-8-4-5-9-21(20)27-2/h6-7,10-15,20-21,24H,3-5,8-9,16H2,1-2H3/q+1/t20-,21+,23?/m0/s1. The molecule has 8 heteroatoms. The summed E-state index contributed by atoms with van der Waals surface area (Å²) in [6.07, 6.45) is 5.93. The van der Waals surface area contributed by atoms with Gasteiger partial charge in [0.1, 0.15) is 16.7 Å². The molecule has 1 heterocycles. The van der Waals surface area contributed by atoms with E-state index < -0.39 is 20.1 Å². The van der Waals surface area contributed by atoms with E-state index in [0.29, 0.717) is 30.8 Å². The van der Waals surface area contributed by atoms with Crippen molar-refractivity contribution >= 4 is 10.0 Å². The second-order valence-electron chi connectivity index (χ2n) is 7.28. The second kappa shape index (κ2) is 9.21. The van der Waals surface area contributed by atoms with Gasteiger partial charge in [0.15, 0.2) is 12.6 Å². The van der Waals surface area contributed by atoms with Crippen molar-refractivity contribution in [1.82, 2.24) is 4.98 Å². The van der Waals surface area contributed by atoms with Gasteiger partial charge in [0, 0.05) is 31.5 Å². The van der Waals surface area contributed by atoms with Gasteiger partial charge < -0.3 is 9.47 Å². The molecule has 3 atom stereocenters. The van der Waals surface area contributed by atoms with E-state index in [0.717, 1.165) is 12.8 Å². The Balaban J connectivity index is 2.05. The monoisotopic (exact) mass is 421 g/mol. The Morgan fingerprint density at radius 3 is 2.52 bits per heavy atom. The first-order valence-corrected chi connectivity index (χ1v) is 11.4. The molecule has 1 unspecified atom stereocenters. The minimum Gasteiger partial charge on any atom is -0.494 e. The van der Waals surface area contributed by atoms with Crippen molar-refractivity contribution in [3.63, 3.8) is 0 Å². The maximum Gasteiger partial charge on any atom is 0.357 e. The van der Waals surface area contributed by atoms with Gasteiger partial charge in [0.2, 0.25) is 0 Å². The molecular weight excluding hydrogens is 392 g/mol. The first-order valence-electron chi connectivity index (χ1n) is 9.92. The van der Waals surface area contributed by atoms with Crippen LogP contribution in [0.5, 0.6) is 5.75 Å². The van der Waals surface area contributed by atoms with Crippen molar-refractivity contribution in [2.24, 2.45) is 0 Å². The number of benzene rings is 1. The molecule has 1 aromatic heterocycles. The molecule has 1 saturated carbocycles. The molecule has 158 valence electrons. The molecule has 0 spiro atoms. The Bertz CT molecular complexity index is 889. The summed E-state index contributed by atoms with van der Waals surface area (Å²) in [5.74, 6) is 0.585. The lowest BCUT2D eigenvalue weighted by Crippen LogP contribution is -2.61. The van der Waals surface area contributed by atoms with Crippen LogP contribution in [0.15, 0.2) is 53.7 Å². The number of sulfonamides is 1. The Morgan fingerprint density at radius 2 is 1.90 bits per heavy atom. The van der Waals surface area contributed by atoms with Crippen molar-refractivity contribution in [2.45, 2.75) is 56.2 Å². The average Bonchev–Trinajstić information content (AvgIpc) is 2.75. The van der Waals surface area contributed by atoms with Gasteiger partial charge in [0.05, 0.1) is 6.61 Å². The summed E-state index contributed by atoms with van der Waals surface area (Å²) >= 11 is 0. The maximum absolute atomic E-state index is 13.7. The van der Waals surface area contributed by atoms with Crippen LogP contribution in [0.1, 0.15) is 38.2 Å². The third-order valence-corrected chi connectivity index (χ3v) is 7.57. The van der Waals surface area contributed by atoms with Crippen LogP contribution in [0.2, 0.25) is 0 Å². The molecule has 1 aliphatic carbocycles. The minimum atomic E-state index is -4.14. The Hall–Kier alpha value is -2.00. The molecule has 7 nitrogen and oxygen atoms in total. The third-order valence-electron chi connectivity index (χ3n) is 5.47. The lowest BCUT2D eigenvalue weighted by molar-refractivity contribution is -1.03. The number of pyridine rings is 1. The van der Waals surface area contributed by atoms with Gasteiger partial charge in [-0.1, -0.05) is 16.5 Å². The number of hydroxylamine groups is 2. The molecular formula is C21H29N2O5S+. The molecule has 1 fully saturated rings. The quantitative estimate of drug-likeness (QED) is 0.518. The summed E-state index contributed by atoms with van der Waals surface area (Å²) in [4.78, 5) is 4.13. The number of aromatic nitrogens is 1. The summed E-state index contributed by atoms with van der Waals surface area (Å²) in [6, 6.07) is 9.10. The van der Waals surface area contributed by atoms with E-state index in [-0.39, 0.29) is 17.5 Å². The molecule has 2 aromatic rings. The Morgan fingerprint density at radius 1 is 1.17 bits per heavy atom. The van der Waals surface area contributed by atoms with Gasteiger partial charge in [-0.25, -0.2) is 0 Å². The van der Waals surface area contributed by atoms with Crippen molar-refractivity contribution < 1.29 is 27.2 Å². The molecule has 29 heavy (non-hydrogen) atoms. The van der Waals surface area contributed by atoms with Gasteiger partial charge in [-0.05, 0) is 50.1 Å². The SMILES string of the molecule is CCOc1ccc(S(=O)(=O)[N+](O)(Cc2cccnc2)[C@H]2CCCC[C@H]2OC)cc1. The highest BCUT2D eigenvalue weighted by atomic mass is 32.2. The average molecular weight is 422 g/mol. The summed E-state index contributed by atoms with van der Waals surface area (Å²) in [7, 11) is -2.57. The number of nitrogens with zero attached hydrogens (tertiary/aromatic N) is 2. The van der Waals surface area contributed by atoms with Crippen LogP contribution < -0.4 is 4.74 Å². The van der Waals surface area contributed by atoms with Crippen LogP contribution in [-0.2, 0) is 21.3 Å². The lowest BCUT2D eigenvalue weighted by Gasteiger charge is -2.41. The first kappa shape index (κ1) is 21.7. The smallest absolute Gasteiger partial charge is 0.357 e. The summed E-state index contributed by atoms with van der Waals surface area (Å²) < 4.78 is 37.3. The van der Waals surface area contributed by atoms with E-state index in [4.69, 9.17) is 9.47 Å². The zero-order valence-electron chi connectivity index (χ0n) is 16.9. The van der Waals surface area contributed by atoms with E-state index in [1.165, 1.54) is 12.1 Å². The highest BCUT2D eigenvalue weighted by Gasteiger charge is 2.53. The lowest BCUT2D eigenvalue weighted by atomic mass is 9.92. The molecule has 1 aromatic carbocycles. The van der Waals surface area contributed by atoms with Crippen LogP contribution in [-0.4, -0.2) is 48.5 Å². The fourth-order valence-electron chi connectivity index (χ4n) is 4.00. The number of ether oxygens (including phenoxy) is 2. The predicted octanol–water partition coefficient (Wildman–Crippen LogP) is 3.53. The van der Waals surface area contributed by atoms with Gasteiger partial charge >= 0.3 is 10.0 Å². The zero-order chi connectivity index (χ0) is 20.9. The third kappa shape index (κ3) is 4.45. The van der Waals surface area contributed by atoms with Crippen LogP contribution in [0.25, 0.3) is 0 Å². The van der Waals surface area contributed by atoms with Crippen molar-refractivity contribution in [2.75, 3.05) is 13.7 Å². The van der Waals surface area contributed by atoms with Crippen molar-refractivity contribution in [3.05, 3.63) is 54.4 Å². The molecule has 0 radical (unpaired) electrons. The Kier molecular flexibility index (Phi) is 6.89. The van der Waals surface area contributed by atoms with Gasteiger partial charge in [-0.15, -0.1) is 0 Å². The first-order chi connectivity index (χ1) is 13.9. The molecule has 0 bridgehead atoms. The molecule has 1 N–H and O–H groups in total. The van der Waals surface area contributed by atoms with Crippen molar-refractivity contribution in [3.8, 4) is 5.75 Å². The number of quaternary nitrogens is 1. The highest BCUT2D eigenvalue weighted by molar-refractivity contribution is 7.85. The summed E-state index contributed by atoms with van der Waals surface area (Å²) in [5.41, 5.74) is 0.643. The van der Waals surface area contributed by atoms with Crippen LogP contribution in [0.3, 0.4) is 0 Å². The van der Waals surface area contributed by atoms with Crippen molar-refractivity contribution in [1.29, 1.82) is 0 Å². The number of hydrogen-bond acceptors (Lipinski definition) is 6. The molecule has 0 aliphatic heterocycles. The zero-order valence-corrected chi connectivity index (χ0v) is 17.7. The second-order valence-corrected chi connectivity index (χ2v) is 9.33. The molecule has 3 rings (SSSR count). The van der Waals surface area contributed by atoms with Gasteiger partial charge in [-0.3, -0.25) is 4.98 Å². The van der Waals surface area contributed by atoms with Crippen LogP contribution in [0.4, 0.5) is 0 Å². The number of rotatable bonds is 8. The minimum absolute atomic E-state index is 0.0489. The van der Waals surface area contributed by atoms with E-state index in [1.807, 2.05) is 6.92 Å². The Labute approximate surface area is 172 Å². The largest absolute Gasteiger partial charge is 0.494 e. The number of methoxy groups -OCH3 is 1. The van der Waals surface area contributed by atoms with Crippen LogP contribution in [0, 0.1) is 0 Å². The normalized spacial score (nSPS) is 22.0. The molecule has 0 amide bonds. The maximum atomic E-state index is 13.7. The molecule has 1 aliphatic rings. The van der Waals surface area contributed by atoms with E-state index in [1.54, 1.807) is 43.8 Å². The molecule has 0 saturated heterocycles. The highest BCUT2D eigenvalue weighted by Crippen LogP contribution is 2.36. The fourth-order valence-corrected chi connectivity index (χ4v) is 5.77. The van der Waals surface area contributed by atoms with E-state index in [9.17, 15) is 13.6 Å². The predicted molar refractivity (Wildman–Crippen MR) is 108 cm³/mol. The summed E-state index contributed by atoms with van der Waals surface area (Å²) in [6.45, 7) is 2.25. The topological polar surface area (TPSA) is 85.7 Å². The number of hydrogen-bond donors (Lipinski definition) is 1. The fraction of sp³-hybridized carbons (Fsp3) is 0.476. The summed E-state index contributed by atoms with van der Waals surface area (Å²) in [5, 5.41) is 11.8. The van der Waals surface area contributed by atoms with E-state index >= 15 is 0 Å². The van der Waals surface area contributed by atoms with Gasteiger partial charge in [-0.2, -0.15) is 13.6 Å². The van der Waals surface area contributed by atoms with E-state index in [2.05, 4.69) is 4.98 Å².